The first-order valence-corrected chi connectivity index (χ1v) is 5.83. The van der Waals surface area contributed by atoms with E-state index in [1.165, 1.54) is 16.8 Å². The van der Waals surface area contributed by atoms with Crippen LogP contribution in [0.25, 0.3) is 0 Å². The Morgan fingerprint density at radius 3 is 2.78 bits per heavy atom. The van der Waals surface area contributed by atoms with Crippen molar-refractivity contribution in [2.75, 3.05) is 0 Å². The minimum absolute atomic E-state index is 0.0650. The lowest BCUT2D eigenvalue weighted by Crippen LogP contribution is -2.11. The number of benzene rings is 1. The van der Waals surface area contributed by atoms with Crippen molar-refractivity contribution in [3.63, 3.8) is 0 Å². The van der Waals surface area contributed by atoms with E-state index in [-0.39, 0.29) is 22.8 Å². The lowest BCUT2D eigenvalue weighted by Gasteiger charge is -2.05. The Balaban J connectivity index is 2.30. The van der Waals surface area contributed by atoms with Crippen molar-refractivity contribution in [2.45, 2.75) is 13.3 Å². The standard InChI is InChI=1S/C13H12ClFN2O/c1-8-6-12(17(2)16-8)13(18)7-9-10(14)4-3-5-11(9)15/h3-6H,7H2,1-2H3. The Hall–Kier alpha value is -1.68. The monoisotopic (exact) mass is 266 g/mol. The molecule has 5 heteroatoms. The third kappa shape index (κ3) is 2.43. The third-order valence-electron chi connectivity index (χ3n) is 2.69. The van der Waals surface area contributed by atoms with Crippen molar-refractivity contribution >= 4 is 17.4 Å². The summed E-state index contributed by atoms with van der Waals surface area (Å²) >= 11 is 5.89. The van der Waals surface area contributed by atoms with Crippen molar-refractivity contribution in [2.24, 2.45) is 7.05 Å². The van der Waals surface area contributed by atoms with Gasteiger partial charge in [-0.1, -0.05) is 17.7 Å². The zero-order chi connectivity index (χ0) is 13.3. The van der Waals surface area contributed by atoms with Crippen LogP contribution in [-0.2, 0) is 13.5 Å². The summed E-state index contributed by atoms with van der Waals surface area (Å²) in [6.07, 6.45) is -0.0650. The van der Waals surface area contributed by atoms with Gasteiger partial charge in [-0.25, -0.2) is 4.39 Å². The predicted molar refractivity (Wildman–Crippen MR) is 67.4 cm³/mol. The van der Waals surface area contributed by atoms with E-state index in [2.05, 4.69) is 5.10 Å². The first-order chi connectivity index (χ1) is 8.49. The maximum absolute atomic E-state index is 13.6. The number of carbonyl (C=O) groups is 1. The smallest absolute Gasteiger partial charge is 0.185 e. The largest absolute Gasteiger partial charge is 0.292 e. The van der Waals surface area contributed by atoms with Crippen LogP contribution in [0.4, 0.5) is 4.39 Å². The molecule has 0 radical (unpaired) electrons. The Morgan fingerprint density at radius 2 is 2.22 bits per heavy atom. The molecule has 1 aromatic heterocycles. The molecule has 0 aliphatic rings. The summed E-state index contributed by atoms with van der Waals surface area (Å²) in [6.45, 7) is 1.80. The fourth-order valence-electron chi connectivity index (χ4n) is 1.82. The molecule has 0 N–H and O–H groups in total. The number of Topliss-reactive ketones (excluding diaryl/α,β-unsaturated/α-hetero) is 1. The molecular weight excluding hydrogens is 255 g/mol. The molecular formula is C13H12ClFN2O. The summed E-state index contributed by atoms with van der Waals surface area (Å²) in [4.78, 5) is 12.1. The number of halogens is 2. The number of rotatable bonds is 3. The summed E-state index contributed by atoms with van der Waals surface area (Å²) in [5, 5.41) is 4.35. The molecule has 3 nitrogen and oxygen atoms in total. The maximum Gasteiger partial charge on any atom is 0.185 e. The number of aromatic nitrogens is 2. The second-order valence-electron chi connectivity index (χ2n) is 4.09. The van der Waals surface area contributed by atoms with Gasteiger partial charge in [0.2, 0.25) is 0 Å². The van der Waals surface area contributed by atoms with Crippen molar-refractivity contribution in [3.05, 3.63) is 52.1 Å². The summed E-state index contributed by atoms with van der Waals surface area (Å²) < 4.78 is 15.1. The Morgan fingerprint density at radius 1 is 1.50 bits per heavy atom. The third-order valence-corrected chi connectivity index (χ3v) is 3.04. The van der Waals surface area contributed by atoms with E-state index in [0.29, 0.717) is 5.69 Å². The number of ketones is 1. The van der Waals surface area contributed by atoms with Crippen LogP contribution in [0.15, 0.2) is 24.3 Å². The SMILES string of the molecule is Cc1cc(C(=O)Cc2c(F)cccc2Cl)n(C)n1. The van der Waals surface area contributed by atoms with Crippen molar-refractivity contribution in [3.8, 4) is 0 Å². The molecule has 1 heterocycles. The average Bonchev–Trinajstić information content (AvgIpc) is 2.63. The van der Waals surface area contributed by atoms with Crippen molar-refractivity contribution in [1.29, 1.82) is 0 Å². The first kappa shape index (κ1) is 12.8. The molecule has 0 saturated heterocycles. The molecule has 18 heavy (non-hydrogen) atoms. The Kier molecular flexibility index (Phi) is 3.48. The second kappa shape index (κ2) is 4.90. The van der Waals surface area contributed by atoms with Crippen LogP contribution in [0.2, 0.25) is 5.02 Å². The van der Waals surface area contributed by atoms with Gasteiger partial charge in [0.15, 0.2) is 5.78 Å². The van der Waals surface area contributed by atoms with Crippen molar-refractivity contribution < 1.29 is 9.18 Å². The summed E-state index contributed by atoms with van der Waals surface area (Å²) in [5.74, 6) is -0.667. The van der Waals surface area contributed by atoms with E-state index in [4.69, 9.17) is 11.6 Å². The summed E-state index contributed by atoms with van der Waals surface area (Å²) in [5.41, 5.74) is 1.43. The molecule has 0 saturated carbocycles. The van der Waals surface area contributed by atoms with Gasteiger partial charge in [-0.3, -0.25) is 9.48 Å². The summed E-state index contributed by atoms with van der Waals surface area (Å²) in [6, 6.07) is 6.06. The molecule has 0 fully saturated rings. The lowest BCUT2D eigenvalue weighted by molar-refractivity contribution is 0.0983. The minimum atomic E-state index is -0.463. The predicted octanol–water partition coefficient (Wildman–Crippen LogP) is 2.95. The van der Waals surface area contributed by atoms with Crippen LogP contribution in [0, 0.1) is 12.7 Å². The highest BCUT2D eigenvalue weighted by atomic mass is 35.5. The normalized spacial score (nSPS) is 10.7. The van der Waals surface area contributed by atoms with E-state index in [1.54, 1.807) is 26.1 Å². The van der Waals surface area contributed by atoms with Gasteiger partial charge < -0.3 is 0 Å². The lowest BCUT2D eigenvalue weighted by atomic mass is 10.1. The second-order valence-corrected chi connectivity index (χ2v) is 4.50. The van der Waals surface area contributed by atoms with Gasteiger partial charge in [0.05, 0.1) is 5.69 Å². The average molecular weight is 267 g/mol. The highest BCUT2D eigenvalue weighted by Gasteiger charge is 2.16. The minimum Gasteiger partial charge on any atom is -0.292 e. The molecule has 1 aromatic carbocycles. The fourth-order valence-corrected chi connectivity index (χ4v) is 2.05. The highest BCUT2D eigenvalue weighted by Crippen LogP contribution is 2.21. The van der Waals surface area contributed by atoms with E-state index in [1.807, 2.05) is 0 Å². The molecule has 0 unspecified atom stereocenters. The van der Waals surface area contributed by atoms with Gasteiger partial charge >= 0.3 is 0 Å². The molecule has 0 spiro atoms. The molecule has 0 atom stereocenters. The molecule has 2 rings (SSSR count). The maximum atomic E-state index is 13.6. The van der Waals surface area contributed by atoms with E-state index in [0.717, 1.165) is 5.69 Å². The molecule has 0 bridgehead atoms. The number of aryl methyl sites for hydroxylation is 2. The molecule has 0 aliphatic carbocycles. The number of nitrogens with zero attached hydrogens (tertiary/aromatic N) is 2. The highest BCUT2D eigenvalue weighted by molar-refractivity contribution is 6.31. The van der Waals surface area contributed by atoms with Crippen LogP contribution in [0.3, 0.4) is 0 Å². The first-order valence-electron chi connectivity index (χ1n) is 5.45. The van der Waals surface area contributed by atoms with Crippen LogP contribution in [0.1, 0.15) is 21.7 Å². The summed E-state index contributed by atoms with van der Waals surface area (Å²) in [7, 11) is 1.68. The number of carbonyl (C=O) groups excluding carboxylic acids is 1. The molecule has 94 valence electrons. The van der Waals surface area contributed by atoms with Gasteiger partial charge in [0.1, 0.15) is 11.5 Å². The van der Waals surface area contributed by atoms with E-state index in [9.17, 15) is 9.18 Å². The Bertz CT molecular complexity index is 587. The van der Waals surface area contributed by atoms with Gasteiger partial charge in [-0.15, -0.1) is 0 Å². The van der Waals surface area contributed by atoms with E-state index >= 15 is 0 Å². The van der Waals surface area contributed by atoms with Gasteiger partial charge in [0, 0.05) is 24.1 Å². The van der Waals surface area contributed by atoms with Crippen molar-refractivity contribution in [1.82, 2.24) is 9.78 Å². The number of hydrogen-bond acceptors (Lipinski definition) is 2. The number of hydrogen-bond donors (Lipinski definition) is 0. The van der Waals surface area contributed by atoms with Gasteiger partial charge in [-0.2, -0.15) is 5.10 Å². The van der Waals surface area contributed by atoms with Crippen LogP contribution >= 0.6 is 11.6 Å². The zero-order valence-corrected chi connectivity index (χ0v) is 10.8. The zero-order valence-electron chi connectivity index (χ0n) is 10.1. The van der Waals surface area contributed by atoms with Gasteiger partial charge in [0.25, 0.3) is 0 Å². The van der Waals surface area contributed by atoms with Crippen LogP contribution in [0.5, 0.6) is 0 Å². The molecule has 0 aliphatic heterocycles. The molecule has 0 amide bonds. The fraction of sp³-hybridized carbons (Fsp3) is 0.231. The van der Waals surface area contributed by atoms with E-state index < -0.39 is 5.82 Å². The van der Waals surface area contributed by atoms with Crippen LogP contribution in [-0.4, -0.2) is 15.6 Å². The van der Waals surface area contributed by atoms with Gasteiger partial charge in [-0.05, 0) is 25.1 Å². The Labute approximate surface area is 109 Å². The topological polar surface area (TPSA) is 34.9 Å². The van der Waals surface area contributed by atoms with Crippen LogP contribution < -0.4 is 0 Å². The molecule has 2 aromatic rings. The quantitative estimate of drug-likeness (QED) is 0.801.